The van der Waals surface area contributed by atoms with E-state index < -0.39 is 36.4 Å². The number of aliphatic hydroxyl groups excluding tert-OH is 1. The molecule has 0 bridgehead atoms. The Hall–Kier alpha value is -2.41. The summed E-state index contributed by atoms with van der Waals surface area (Å²) in [5, 5.41) is 9.80. The average Bonchev–Trinajstić information content (AvgIpc) is 2.93. The van der Waals surface area contributed by atoms with Crippen LogP contribution in [-0.4, -0.2) is 58.8 Å². The van der Waals surface area contributed by atoms with Gasteiger partial charge in [-0.3, -0.25) is 9.69 Å². The minimum atomic E-state index is -0.964. The zero-order valence-corrected chi connectivity index (χ0v) is 14.6. The zero-order valence-electron chi connectivity index (χ0n) is 14.6. The van der Waals surface area contributed by atoms with Gasteiger partial charge in [-0.25, -0.2) is 9.59 Å². The van der Waals surface area contributed by atoms with Crippen LogP contribution in [0.4, 0.5) is 4.79 Å². The van der Waals surface area contributed by atoms with Gasteiger partial charge in [0.25, 0.3) is 0 Å². The Morgan fingerprint density at radius 2 is 1.84 bits per heavy atom. The first-order valence-corrected chi connectivity index (χ1v) is 8.10. The summed E-state index contributed by atoms with van der Waals surface area (Å²) < 4.78 is 10.3. The number of carbonyl (C=O) groups excluding carboxylic acids is 3. The van der Waals surface area contributed by atoms with Crippen molar-refractivity contribution in [3.05, 3.63) is 35.9 Å². The second kappa shape index (κ2) is 7.65. The first kappa shape index (κ1) is 18.9. The van der Waals surface area contributed by atoms with E-state index in [2.05, 4.69) is 0 Å². The number of benzene rings is 1. The van der Waals surface area contributed by atoms with Crippen LogP contribution >= 0.6 is 0 Å². The largest absolute Gasteiger partial charge is 0.456 e. The predicted octanol–water partition coefficient (Wildman–Crippen LogP) is 1.78. The third kappa shape index (κ3) is 5.29. The molecule has 1 saturated heterocycles. The normalized spacial score (nSPS) is 20.2. The third-order valence-electron chi connectivity index (χ3n) is 3.62. The molecule has 1 aromatic rings. The van der Waals surface area contributed by atoms with E-state index in [1.165, 1.54) is 0 Å². The minimum Gasteiger partial charge on any atom is -0.456 e. The maximum absolute atomic E-state index is 12.3. The highest BCUT2D eigenvalue weighted by Gasteiger charge is 2.42. The van der Waals surface area contributed by atoms with Crippen LogP contribution in [0.15, 0.2) is 30.3 Å². The predicted molar refractivity (Wildman–Crippen MR) is 89.1 cm³/mol. The molecule has 1 aromatic carbocycles. The summed E-state index contributed by atoms with van der Waals surface area (Å²) in [6.07, 6.45) is -1.48. The van der Waals surface area contributed by atoms with Crippen molar-refractivity contribution in [2.45, 2.75) is 44.9 Å². The number of nitrogens with zero attached hydrogens (tertiary/aromatic N) is 1. The van der Waals surface area contributed by atoms with Crippen LogP contribution in [-0.2, 0) is 14.3 Å². The molecule has 1 aliphatic heterocycles. The number of β-amino-alcohol motifs (C(OH)–C–C–N with tert-alkyl or cyclic N) is 1. The number of ether oxygens (including phenoxy) is 2. The van der Waals surface area contributed by atoms with Gasteiger partial charge in [0.2, 0.25) is 0 Å². The molecule has 25 heavy (non-hydrogen) atoms. The summed E-state index contributed by atoms with van der Waals surface area (Å²) in [4.78, 5) is 37.6. The fourth-order valence-corrected chi connectivity index (χ4v) is 2.50. The smallest absolute Gasteiger partial charge is 0.411 e. The van der Waals surface area contributed by atoms with Crippen LogP contribution in [0.25, 0.3) is 0 Å². The number of amides is 1. The van der Waals surface area contributed by atoms with Gasteiger partial charge in [0.05, 0.1) is 12.6 Å². The van der Waals surface area contributed by atoms with Crippen molar-refractivity contribution in [1.82, 2.24) is 4.90 Å². The van der Waals surface area contributed by atoms with Crippen molar-refractivity contribution in [1.29, 1.82) is 0 Å². The molecule has 1 heterocycles. The minimum absolute atomic E-state index is 0.0126. The molecule has 7 heteroatoms. The number of ketones is 1. The van der Waals surface area contributed by atoms with E-state index in [1.54, 1.807) is 51.1 Å². The van der Waals surface area contributed by atoms with Gasteiger partial charge >= 0.3 is 12.1 Å². The van der Waals surface area contributed by atoms with Crippen LogP contribution < -0.4 is 0 Å². The van der Waals surface area contributed by atoms with Gasteiger partial charge in [0, 0.05) is 12.0 Å². The Morgan fingerprint density at radius 3 is 2.44 bits per heavy atom. The molecule has 7 nitrogen and oxygen atoms in total. The SMILES string of the molecule is CC(C)(C)OC(=O)N1C[C@@H](O)C[C@@H]1C(=O)OCC(=O)c1ccccc1. The van der Waals surface area contributed by atoms with Crippen molar-refractivity contribution in [2.24, 2.45) is 0 Å². The van der Waals surface area contributed by atoms with Crippen LogP contribution in [0.1, 0.15) is 37.6 Å². The van der Waals surface area contributed by atoms with E-state index in [-0.39, 0.29) is 18.7 Å². The van der Waals surface area contributed by atoms with E-state index >= 15 is 0 Å². The molecular weight excluding hydrogens is 326 g/mol. The summed E-state index contributed by atoms with van der Waals surface area (Å²) in [7, 11) is 0. The number of esters is 1. The molecule has 0 radical (unpaired) electrons. The number of Topliss-reactive ketones (excluding diaryl/α,β-unsaturated/α-hetero) is 1. The van der Waals surface area contributed by atoms with Crippen molar-refractivity contribution < 1.29 is 29.0 Å². The Labute approximate surface area is 146 Å². The zero-order chi connectivity index (χ0) is 18.6. The Bertz CT molecular complexity index is 637. The molecule has 136 valence electrons. The lowest BCUT2D eigenvalue weighted by Gasteiger charge is -2.27. The maximum atomic E-state index is 12.3. The fourth-order valence-electron chi connectivity index (χ4n) is 2.50. The molecule has 1 aliphatic rings. The number of rotatable bonds is 4. The van der Waals surface area contributed by atoms with E-state index in [0.29, 0.717) is 5.56 Å². The molecular formula is C18H23NO6. The molecule has 1 N–H and O–H groups in total. The highest BCUT2D eigenvalue weighted by molar-refractivity contribution is 5.98. The first-order chi connectivity index (χ1) is 11.7. The van der Waals surface area contributed by atoms with Gasteiger partial charge in [0.15, 0.2) is 12.4 Å². The number of hydrogen-bond acceptors (Lipinski definition) is 6. The lowest BCUT2D eigenvalue weighted by molar-refractivity contribution is -0.147. The van der Waals surface area contributed by atoms with E-state index in [0.717, 1.165) is 4.90 Å². The third-order valence-corrected chi connectivity index (χ3v) is 3.62. The quantitative estimate of drug-likeness (QED) is 0.658. The first-order valence-electron chi connectivity index (χ1n) is 8.10. The number of carbonyl (C=O) groups is 3. The van der Waals surface area contributed by atoms with Crippen LogP contribution in [0.3, 0.4) is 0 Å². The lowest BCUT2D eigenvalue weighted by atomic mass is 10.1. The molecule has 1 fully saturated rings. The van der Waals surface area contributed by atoms with E-state index in [4.69, 9.17) is 9.47 Å². The topological polar surface area (TPSA) is 93.1 Å². The summed E-state index contributed by atoms with van der Waals surface area (Å²) >= 11 is 0. The number of aliphatic hydroxyl groups is 1. The standard InChI is InChI=1S/C18H23NO6/c1-18(2,3)25-17(23)19-10-13(20)9-14(19)16(22)24-11-15(21)12-7-5-4-6-8-12/h4-8,13-14,20H,9-11H2,1-3H3/t13-,14+/m0/s1. The number of hydrogen-bond donors (Lipinski definition) is 1. The lowest BCUT2D eigenvalue weighted by Crippen LogP contribution is -2.44. The number of likely N-dealkylation sites (tertiary alicyclic amines) is 1. The molecule has 0 saturated carbocycles. The Kier molecular flexibility index (Phi) is 5.79. The molecule has 2 rings (SSSR count). The fraction of sp³-hybridized carbons (Fsp3) is 0.500. The molecule has 2 atom stereocenters. The van der Waals surface area contributed by atoms with Crippen molar-refractivity contribution in [3.8, 4) is 0 Å². The monoisotopic (exact) mass is 349 g/mol. The summed E-state index contributed by atoms with van der Waals surface area (Å²) in [5.41, 5.74) is -0.284. The van der Waals surface area contributed by atoms with Gasteiger partial charge in [-0.15, -0.1) is 0 Å². The molecule has 0 spiro atoms. The highest BCUT2D eigenvalue weighted by Crippen LogP contribution is 2.22. The Morgan fingerprint density at radius 1 is 1.20 bits per heavy atom. The highest BCUT2D eigenvalue weighted by atomic mass is 16.6. The van der Waals surface area contributed by atoms with E-state index in [9.17, 15) is 19.5 Å². The molecule has 1 amide bonds. The van der Waals surface area contributed by atoms with Gasteiger partial charge in [0.1, 0.15) is 11.6 Å². The van der Waals surface area contributed by atoms with Gasteiger partial charge < -0.3 is 14.6 Å². The van der Waals surface area contributed by atoms with E-state index in [1.807, 2.05) is 0 Å². The van der Waals surface area contributed by atoms with Crippen molar-refractivity contribution in [2.75, 3.05) is 13.2 Å². The van der Waals surface area contributed by atoms with Crippen LogP contribution in [0, 0.1) is 0 Å². The van der Waals surface area contributed by atoms with Gasteiger partial charge in [-0.1, -0.05) is 30.3 Å². The van der Waals surface area contributed by atoms with Crippen molar-refractivity contribution >= 4 is 17.8 Å². The van der Waals surface area contributed by atoms with Gasteiger partial charge in [-0.2, -0.15) is 0 Å². The van der Waals surface area contributed by atoms with Crippen molar-refractivity contribution in [3.63, 3.8) is 0 Å². The molecule has 0 unspecified atom stereocenters. The average molecular weight is 349 g/mol. The maximum Gasteiger partial charge on any atom is 0.411 e. The summed E-state index contributed by atoms with van der Waals surface area (Å²) in [6, 6.07) is 7.50. The van der Waals surface area contributed by atoms with Crippen LogP contribution in [0.5, 0.6) is 0 Å². The summed E-state index contributed by atoms with van der Waals surface area (Å²) in [6.45, 7) is 4.70. The molecule has 0 aromatic heterocycles. The second-order valence-electron chi connectivity index (χ2n) is 6.93. The second-order valence-corrected chi connectivity index (χ2v) is 6.93. The van der Waals surface area contributed by atoms with Crippen LogP contribution in [0.2, 0.25) is 0 Å². The van der Waals surface area contributed by atoms with Gasteiger partial charge in [-0.05, 0) is 20.8 Å². The Balaban J connectivity index is 1.96. The summed E-state index contributed by atoms with van der Waals surface area (Å²) in [5.74, 6) is -1.07. The molecule has 0 aliphatic carbocycles.